The van der Waals surface area contributed by atoms with Gasteiger partial charge in [-0.1, -0.05) is 88.0 Å². The van der Waals surface area contributed by atoms with E-state index in [4.69, 9.17) is 9.98 Å². The van der Waals surface area contributed by atoms with Crippen molar-refractivity contribution in [1.82, 2.24) is 0 Å². The lowest BCUT2D eigenvalue weighted by Crippen LogP contribution is -2.23. The Morgan fingerprint density at radius 2 is 1.15 bits per heavy atom. The van der Waals surface area contributed by atoms with Crippen LogP contribution in [-0.2, 0) is 24.3 Å². The predicted octanol–water partition coefficient (Wildman–Crippen LogP) is 7.37. The molecule has 3 nitrogen and oxygen atoms in total. The molecule has 3 rings (SSSR count). The van der Waals surface area contributed by atoms with Gasteiger partial charge >= 0.3 is 0 Å². The molecule has 2 aromatic rings. The van der Waals surface area contributed by atoms with E-state index in [0.29, 0.717) is 11.8 Å². The van der Waals surface area contributed by atoms with Crippen molar-refractivity contribution in [3.63, 3.8) is 0 Å². The molecule has 0 atom stereocenters. The Labute approximate surface area is 210 Å². The SMILES string of the molecule is CC(C)Cc1ccccc1CSC1=NC(C)(C)C(SCc2ccccc2CC(C)C)=N1.CN. The fraction of sp³-hybridized carbons (Fsp3) is 0.500. The highest BCUT2D eigenvalue weighted by Gasteiger charge is 2.31. The van der Waals surface area contributed by atoms with Gasteiger partial charge in [-0.3, -0.25) is 0 Å². The van der Waals surface area contributed by atoms with E-state index in [1.807, 2.05) is 11.8 Å². The Hall–Kier alpha value is -1.56. The maximum absolute atomic E-state index is 4.95. The molecule has 0 radical (unpaired) electrons. The molecule has 0 saturated carbocycles. The lowest BCUT2D eigenvalue weighted by molar-refractivity contribution is 0.644. The number of benzene rings is 2. The van der Waals surface area contributed by atoms with Crippen LogP contribution < -0.4 is 5.73 Å². The third-order valence-corrected chi connectivity index (χ3v) is 7.53. The van der Waals surface area contributed by atoms with Gasteiger partial charge in [-0.25, -0.2) is 9.98 Å². The molecule has 2 aromatic carbocycles. The second-order valence-electron chi connectivity index (χ2n) is 9.68. The molecule has 0 amide bonds. The van der Waals surface area contributed by atoms with Crippen LogP contribution >= 0.6 is 23.5 Å². The minimum Gasteiger partial charge on any atom is -0.333 e. The van der Waals surface area contributed by atoms with Gasteiger partial charge in [0.1, 0.15) is 10.6 Å². The summed E-state index contributed by atoms with van der Waals surface area (Å²) in [5.41, 5.74) is 9.99. The number of nitrogens with two attached hydrogens (primary N) is 1. The highest BCUT2D eigenvalue weighted by molar-refractivity contribution is 8.15. The molecule has 5 heteroatoms. The van der Waals surface area contributed by atoms with Crippen LogP contribution in [0.5, 0.6) is 0 Å². The van der Waals surface area contributed by atoms with Gasteiger partial charge in [-0.15, -0.1) is 11.8 Å². The Morgan fingerprint density at radius 1 is 0.727 bits per heavy atom. The first-order valence-corrected chi connectivity index (χ1v) is 13.9. The van der Waals surface area contributed by atoms with E-state index in [9.17, 15) is 0 Å². The Balaban J connectivity index is 0.00000187. The maximum Gasteiger partial charge on any atom is 0.185 e. The molecule has 0 saturated heterocycles. The van der Waals surface area contributed by atoms with E-state index in [1.165, 1.54) is 29.3 Å². The summed E-state index contributed by atoms with van der Waals surface area (Å²) in [4.78, 5) is 9.89. The molecule has 2 N–H and O–H groups in total. The lowest BCUT2D eigenvalue weighted by atomic mass is 9.99. The number of nitrogens with zero attached hydrogens (tertiary/aromatic N) is 2. The van der Waals surface area contributed by atoms with Gasteiger partial charge in [-0.2, -0.15) is 0 Å². The summed E-state index contributed by atoms with van der Waals surface area (Å²) in [5, 5.41) is 2.05. The molecule has 0 aliphatic carbocycles. The van der Waals surface area contributed by atoms with Crippen molar-refractivity contribution < 1.29 is 0 Å². The van der Waals surface area contributed by atoms with Gasteiger partial charge in [0.2, 0.25) is 0 Å². The third kappa shape index (κ3) is 8.62. The first-order valence-electron chi connectivity index (χ1n) is 11.9. The zero-order valence-corrected chi connectivity index (χ0v) is 23.0. The highest BCUT2D eigenvalue weighted by Crippen LogP contribution is 2.33. The molecule has 0 aromatic heterocycles. The van der Waals surface area contributed by atoms with E-state index >= 15 is 0 Å². The maximum atomic E-state index is 4.95. The van der Waals surface area contributed by atoms with Gasteiger partial charge in [0.15, 0.2) is 5.17 Å². The lowest BCUT2D eigenvalue weighted by Gasteiger charge is -2.17. The van der Waals surface area contributed by atoms with Gasteiger partial charge < -0.3 is 5.73 Å². The van der Waals surface area contributed by atoms with E-state index in [2.05, 4.69) is 95.8 Å². The molecular formula is C28H41N3S2. The van der Waals surface area contributed by atoms with Crippen molar-refractivity contribution >= 4 is 33.7 Å². The molecule has 1 aliphatic heterocycles. The van der Waals surface area contributed by atoms with E-state index in [-0.39, 0.29) is 5.54 Å². The molecule has 33 heavy (non-hydrogen) atoms. The summed E-state index contributed by atoms with van der Waals surface area (Å²) < 4.78 is 0. The van der Waals surface area contributed by atoms with Crippen LogP contribution in [0.15, 0.2) is 58.5 Å². The third-order valence-electron chi connectivity index (χ3n) is 5.31. The molecular weight excluding hydrogens is 442 g/mol. The zero-order chi connectivity index (χ0) is 24.4. The summed E-state index contributed by atoms with van der Waals surface area (Å²) in [6, 6.07) is 17.6. The van der Waals surface area contributed by atoms with Gasteiger partial charge in [0.05, 0.1) is 0 Å². The Kier molecular flexibility index (Phi) is 11.2. The van der Waals surface area contributed by atoms with Crippen molar-refractivity contribution in [3.8, 4) is 0 Å². The van der Waals surface area contributed by atoms with Crippen molar-refractivity contribution in [1.29, 1.82) is 0 Å². The van der Waals surface area contributed by atoms with Crippen molar-refractivity contribution in [3.05, 3.63) is 70.8 Å². The fourth-order valence-corrected chi connectivity index (χ4v) is 5.97. The minimum absolute atomic E-state index is 0.239. The molecule has 1 heterocycles. The normalized spacial score (nSPS) is 14.7. The van der Waals surface area contributed by atoms with Gasteiger partial charge in [-0.05, 0) is 67.8 Å². The first kappa shape index (κ1) is 27.7. The summed E-state index contributed by atoms with van der Waals surface area (Å²) in [5.74, 6) is 3.21. The topological polar surface area (TPSA) is 50.7 Å². The van der Waals surface area contributed by atoms with Crippen LogP contribution in [0.3, 0.4) is 0 Å². The van der Waals surface area contributed by atoms with E-state index < -0.39 is 0 Å². The molecule has 0 bridgehead atoms. The van der Waals surface area contributed by atoms with Crippen LogP contribution in [0.4, 0.5) is 0 Å². The van der Waals surface area contributed by atoms with Crippen LogP contribution in [0.1, 0.15) is 63.8 Å². The fourth-order valence-electron chi connectivity index (χ4n) is 3.77. The Bertz CT molecular complexity index is 946. The van der Waals surface area contributed by atoms with E-state index in [1.54, 1.807) is 11.8 Å². The minimum atomic E-state index is -0.239. The monoisotopic (exact) mass is 483 g/mol. The van der Waals surface area contributed by atoms with Crippen LogP contribution in [-0.4, -0.2) is 22.8 Å². The second kappa shape index (κ2) is 13.4. The molecule has 0 fully saturated rings. The number of rotatable bonds is 8. The zero-order valence-electron chi connectivity index (χ0n) is 21.4. The number of hydrogen-bond acceptors (Lipinski definition) is 5. The average Bonchev–Trinajstić information content (AvgIpc) is 3.06. The van der Waals surface area contributed by atoms with Crippen LogP contribution in [0.25, 0.3) is 0 Å². The molecule has 0 unspecified atom stereocenters. The van der Waals surface area contributed by atoms with Gasteiger partial charge in [0.25, 0.3) is 0 Å². The second-order valence-corrected chi connectivity index (χ2v) is 11.6. The largest absolute Gasteiger partial charge is 0.333 e. The number of aliphatic imine (C=N–C) groups is 2. The van der Waals surface area contributed by atoms with Crippen molar-refractivity contribution in [2.24, 2.45) is 27.6 Å². The summed E-state index contributed by atoms with van der Waals surface area (Å²) >= 11 is 3.61. The summed E-state index contributed by atoms with van der Waals surface area (Å²) in [7, 11) is 1.50. The van der Waals surface area contributed by atoms with Gasteiger partial charge in [0, 0.05) is 11.5 Å². The number of thioether (sulfide) groups is 2. The Morgan fingerprint density at radius 3 is 1.61 bits per heavy atom. The quantitative estimate of drug-likeness (QED) is 0.426. The standard InChI is InChI=1S/C27H36N2S2.CH5N/c1-19(2)15-21-11-7-9-13-23(21)17-30-25-27(5,6)29-26(28-25)31-18-24-14-10-8-12-22(24)16-20(3)4;1-2/h7-14,19-20H,15-18H2,1-6H3;2H2,1H3. The number of hydrogen-bond donors (Lipinski definition) is 1. The number of amidine groups is 1. The average molecular weight is 484 g/mol. The summed E-state index contributed by atoms with van der Waals surface area (Å²) in [6.07, 6.45) is 2.24. The molecule has 180 valence electrons. The highest BCUT2D eigenvalue weighted by atomic mass is 32.2. The van der Waals surface area contributed by atoms with Crippen LogP contribution in [0, 0.1) is 11.8 Å². The van der Waals surface area contributed by atoms with Crippen LogP contribution in [0.2, 0.25) is 0 Å². The van der Waals surface area contributed by atoms with Crippen molar-refractivity contribution in [2.45, 2.75) is 71.4 Å². The smallest absolute Gasteiger partial charge is 0.185 e. The first-order chi connectivity index (χ1) is 15.7. The molecule has 1 aliphatic rings. The van der Waals surface area contributed by atoms with E-state index in [0.717, 1.165) is 34.6 Å². The predicted molar refractivity (Wildman–Crippen MR) is 152 cm³/mol. The molecule has 0 spiro atoms. The van der Waals surface area contributed by atoms with Crippen molar-refractivity contribution in [2.75, 3.05) is 7.05 Å². The summed E-state index contributed by atoms with van der Waals surface area (Å²) in [6.45, 7) is 13.5.